The van der Waals surface area contributed by atoms with Gasteiger partial charge in [-0.15, -0.1) is 0 Å². The van der Waals surface area contributed by atoms with E-state index < -0.39 is 0 Å². The molecular weight excluding hydrogens is 691 g/mol. The van der Waals surface area contributed by atoms with Crippen LogP contribution in [0, 0.1) is 0 Å². The predicted octanol–water partition coefficient (Wildman–Crippen LogP) is 13.7. The average Bonchev–Trinajstić information content (AvgIpc) is 3.66. The molecule has 0 saturated heterocycles. The Morgan fingerprint density at radius 2 is 0.807 bits per heavy atom. The molecule has 8 aromatic rings. The average molecular weight is 734 g/mol. The molecule has 1 aromatic heterocycles. The minimum atomic E-state index is -0.0231. The largest absolute Gasteiger partial charge is 0.208 e. The Balaban J connectivity index is 1.00. The summed E-state index contributed by atoms with van der Waals surface area (Å²) in [5.41, 5.74) is 19.3. The van der Waals surface area contributed by atoms with Crippen LogP contribution in [-0.2, 0) is 10.8 Å². The van der Waals surface area contributed by atoms with Crippen molar-refractivity contribution < 1.29 is 0 Å². The number of benzene rings is 7. The molecule has 274 valence electrons. The highest BCUT2D eigenvalue weighted by atomic mass is 15.0. The van der Waals surface area contributed by atoms with Gasteiger partial charge in [-0.05, 0) is 104 Å². The van der Waals surface area contributed by atoms with E-state index in [-0.39, 0.29) is 10.8 Å². The van der Waals surface area contributed by atoms with Gasteiger partial charge in [-0.1, -0.05) is 173 Å². The molecule has 0 atom stereocenters. The van der Waals surface area contributed by atoms with E-state index in [0.717, 1.165) is 22.3 Å². The van der Waals surface area contributed by atoms with Crippen LogP contribution < -0.4 is 0 Å². The second-order valence-corrected chi connectivity index (χ2v) is 16.7. The molecule has 0 unspecified atom stereocenters. The maximum Gasteiger partial charge on any atom is 0.164 e. The van der Waals surface area contributed by atoms with E-state index in [2.05, 4.69) is 153 Å². The number of hydrogen-bond acceptors (Lipinski definition) is 3. The normalized spacial score (nSPS) is 15.5. The summed E-state index contributed by atoms with van der Waals surface area (Å²) < 4.78 is 0. The Morgan fingerprint density at radius 3 is 1.54 bits per heavy atom. The third-order valence-corrected chi connectivity index (χ3v) is 13.1. The van der Waals surface area contributed by atoms with E-state index in [4.69, 9.17) is 15.0 Å². The number of nitrogens with zero attached hydrogens (tertiary/aromatic N) is 3. The molecule has 3 nitrogen and oxygen atoms in total. The van der Waals surface area contributed by atoms with Gasteiger partial charge in [0.05, 0.1) is 0 Å². The quantitative estimate of drug-likeness (QED) is 0.177. The lowest BCUT2D eigenvalue weighted by molar-refractivity contribution is 0.353. The second kappa shape index (κ2) is 13.1. The first kappa shape index (κ1) is 33.9. The number of hydrogen-bond donors (Lipinski definition) is 0. The van der Waals surface area contributed by atoms with Crippen molar-refractivity contribution in [3.8, 4) is 78.7 Å². The topological polar surface area (TPSA) is 38.7 Å². The molecule has 1 heterocycles. The smallest absolute Gasteiger partial charge is 0.164 e. The molecule has 11 rings (SSSR count). The zero-order valence-electron chi connectivity index (χ0n) is 32.5. The first-order chi connectivity index (χ1) is 28.0. The fraction of sp³-hybridized carbons (Fsp3) is 0.167. The van der Waals surface area contributed by atoms with Gasteiger partial charge in [0, 0.05) is 27.5 Å². The molecule has 0 amide bonds. The fourth-order valence-corrected chi connectivity index (χ4v) is 10.2. The van der Waals surface area contributed by atoms with E-state index in [1.165, 1.54) is 93.3 Å². The number of fused-ring (bicyclic) bond motifs is 8. The van der Waals surface area contributed by atoms with Crippen LogP contribution in [0.3, 0.4) is 0 Å². The summed E-state index contributed by atoms with van der Waals surface area (Å²) in [7, 11) is 0. The zero-order valence-corrected chi connectivity index (χ0v) is 32.5. The first-order valence-electron chi connectivity index (χ1n) is 20.5. The highest BCUT2D eigenvalue weighted by Crippen LogP contribution is 2.60. The maximum atomic E-state index is 5.13. The van der Waals surface area contributed by atoms with Gasteiger partial charge >= 0.3 is 0 Å². The lowest BCUT2D eigenvalue weighted by Gasteiger charge is -2.36. The Kier molecular flexibility index (Phi) is 7.76. The van der Waals surface area contributed by atoms with E-state index >= 15 is 0 Å². The lowest BCUT2D eigenvalue weighted by Crippen LogP contribution is -2.28. The van der Waals surface area contributed by atoms with Crippen LogP contribution in [-0.4, -0.2) is 15.0 Å². The maximum absolute atomic E-state index is 5.13. The molecule has 1 saturated carbocycles. The summed E-state index contributed by atoms with van der Waals surface area (Å²) >= 11 is 0. The Bertz CT molecular complexity index is 2830. The molecule has 57 heavy (non-hydrogen) atoms. The third kappa shape index (κ3) is 5.44. The summed E-state index contributed by atoms with van der Waals surface area (Å²) in [5, 5.41) is 0. The van der Waals surface area contributed by atoms with Gasteiger partial charge in [0.25, 0.3) is 0 Å². The Labute approximate surface area is 335 Å². The lowest BCUT2D eigenvalue weighted by atomic mass is 9.67. The summed E-state index contributed by atoms with van der Waals surface area (Å²) in [6.07, 6.45) is 6.23. The van der Waals surface area contributed by atoms with E-state index in [1.807, 2.05) is 24.3 Å². The molecule has 1 spiro atoms. The fourth-order valence-electron chi connectivity index (χ4n) is 10.2. The van der Waals surface area contributed by atoms with Crippen LogP contribution >= 0.6 is 0 Å². The van der Waals surface area contributed by atoms with E-state index in [0.29, 0.717) is 17.5 Å². The van der Waals surface area contributed by atoms with Crippen LogP contribution in [0.4, 0.5) is 0 Å². The van der Waals surface area contributed by atoms with Gasteiger partial charge in [-0.25, -0.2) is 15.0 Å². The van der Waals surface area contributed by atoms with Gasteiger partial charge in [-0.3, -0.25) is 0 Å². The van der Waals surface area contributed by atoms with Crippen molar-refractivity contribution in [2.24, 2.45) is 0 Å². The zero-order chi connectivity index (χ0) is 38.1. The van der Waals surface area contributed by atoms with Gasteiger partial charge in [-0.2, -0.15) is 0 Å². The summed E-state index contributed by atoms with van der Waals surface area (Å²) in [5.74, 6) is 2.00. The van der Waals surface area contributed by atoms with Crippen molar-refractivity contribution in [3.63, 3.8) is 0 Å². The first-order valence-corrected chi connectivity index (χ1v) is 20.5. The van der Waals surface area contributed by atoms with Crippen LogP contribution in [0.2, 0.25) is 0 Å². The van der Waals surface area contributed by atoms with E-state index in [9.17, 15) is 0 Å². The van der Waals surface area contributed by atoms with E-state index in [1.54, 1.807) is 0 Å². The SMILES string of the molecule is CC1(C)c2ccccc2-c2cc3c(cc21)-c1ccc(-c2cccc(-c4nc(-c5ccccc5)nc(-c5ccc(-c6ccccc6)cc5)n4)c2)cc1C31CCCCC1. The van der Waals surface area contributed by atoms with Crippen molar-refractivity contribution in [2.45, 2.75) is 56.8 Å². The highest BCUT2D eigenvalue weighted by molar-refractivity contribution is 5.91. The van der Waals surface area contributed by atoms with Crippen LogP contribution in [0.15, 0.2) is 164 Å². The predicted molar refractivity (Wildman–Crippen MR) is 234 cm³/mol. The molecule has 3 aliphatic rings. The molecule has 7 aromatic carbocycles. The van der Waals surface area contributed by atoms with Crippen molar-refractivity contribution in [1.82, 2.24) is 15.0 Å². The summed E-state index contributed by atoms with van der Waals surface area (Å²) in [4.78, 5) is 15.2. The summed E-state index contributed by atoms with van der Waals surface area (Å²) in [6, 6.07) is 59.5. The molecule has 0 bridgehead atoms. The number of aromatic nitrogens is 3. The minimum absolute atomic E-state index is 0.0231. The molecule has 0 N–H and O–H groups in total. The standard InChI is InChI=1S/C54H43N3/c1-53(2)46-22-11-10-21-42(46)44-34-49-45(33-47(44)53)43-28-27-40(32-48(43)54(49)29-12-5-13-30-54)39-19-14-20-41(31-39)52-56-50(37-17-8-4-9-18-37)55-51(57-52)38-25-23-36(24-26-38)35-15-6-3-7-16-35/h3-4,6-11,14-28,31-34H,5,12-13,29-30H2,1-2H3. The molecule has 3 heteroatoms. The Morgan fingerprint density at radius 1 is 0.333 bits per heavy atom. The molecular formula is C54H43N3. The minimum Gasteiger partial charge on any atom is -0.208 e. The second-order valence-electron chi connectivity index (χ2n) is 16.7. The van der Waals surface area contributed by atoms with Crippen LogP contribution in [0.1, 0.15) is 68.2 Å². The molecule has 0 radical (unpaired) electrons. The van der Waals surface area contributed by atoms with Crippen LogP contribution in [0.25, 0.3) is 78.7 Å². The monoisotopic (exact) mass is 733 g/mol. The van der Waals surface area contributed by atoms with Gasteiger partial charge in [0.2, 0.25) is 0 Å². The van der Waals surface area contributed by atoms with Crippen molar-refractivity contribution >= 4 is 0 Å². The Hall–Kier alpha value is -6.45. The molecule has 0 aliphatic heterocycles. The highest BCUT2D eigenvalue weighted by Gasteiger charge is 2.46. The summed E-state index contributed by atoms with van der Waals surface area (Å²) in [6.45, 7) is 4.79. The van der Waals surface area contributed by atoms with Crippen molar-refractivity contribution in [2.75, 3.05) is 0 Å². The molecule has 3 aliphatic carbocycles. The van der Waals surface area contributed by atoms with Crippen molar-refractivity contribution in [1.29, 1.82) is 0 Å². The van der Waals surface area contributed by atoms with Gasteiger partial charge in [0.1, 0.15) is 0 Å². The number of rotatable bonds is 5. The van der Waals surface area contributed by atoms with Gasteiger partial charge in [0.15, 0.2) is 17.5 Å². The van der Waals surface area contributed by atoms with Gasteiger partial charge < -0.3 is 0 Å². The molecule has 1 fully saturated rings. The third-order valence-electron chi connectivity index (χ3n) is 13.1. The van der Waals surface area contributed by atoms with Crippen molar-refractivity contribution in [3.05, 3.63) is 186 Å². The van der Waals surface area contributed by atoms with Crippen LogP contribution in [0.5, 0.6) is 0 Å².